The van der Waals surface area contributed by atoms with Gasteiger partial charge in [0.25, 0.3) is 0 Å². The zero-order valence-electron chi connectivity index (χ0n) is 12.5. The number of carbonyl (C=O) groups excluding carboxylic acids is 1. The zero-order chi connectivity index (χ0) is 14.9. The van der Waals surface area contributed by atoms with E-state index in [1.807, 2.05) is 31.2 Å². The van der Waals surface area contributed by atoms with Gasteiger partial charge in [-0.3, -0.25) is 4.79 Å². The molecule has 0 aromatic heterocycles. The van der Waals surface area contributed by atoms with Crippen molar-refractivity contribution in [2.75, 3.05) is 19.7 Å². The molecular weight excluding hydrogens is 266 g/mol. The number of ether oxygens (including phenoxy) is 1. The molecule has 0 spiro atoms. The fourth-order valence-electron chi connectivity index (χ4n) is 2.81. The summed E-state index contributed by atoms with van der Waals surface area (Å²) in [5, 5.41) is 10.6. The molecule has 1 atom stereocenters. The molecular formula is C17H23NO3. The Balaban J connectivity index is 1.52. The van der Waals surface area contributed by atoms with Crippen LogP contribution in [-0.2, 0) is 4.79 Å². The van der Waals surface area contributed by atoms with E-state index in [4.69, 9.17) is 4.74 Å². The van der Waals surface area contributed by atoms with Gasteiger partial charge in [0.1, 0.15) is 18.0 Å². The van der Waals surface area contributed by atoms with E-state index in [2.05, 4.69) is 0 Å². The van der Waals surface area contributed by atoms with Crippen molar-refractivity contribution in [3.8, 4) is 5.75 Å². The van der Waals surface area contributed by atoms with Gasteiger partial charge in [-0.15, -0.1) is 0 Å². The lowest BCUT2D eigenvalue weighted by Gasteiger charge is -2.23. The maximum Gasteiger partial charge on any atom is 0.222 e. The molecule has 21 heavy (non-hydrogen) atoms. The summed E-state index contributed by atoms with van der Waals surface area (Å²) in [4.78, 5) is 13.9. The fraction of sp³-hybridized carbons (Fsp3) is 0.588. The van der Waals surface area contributed by atoms with Crippen molar-refractivity contribution in [1.29, 1.82) is 0 Å². The second kappa shape index (κ2) is 5.68. The number of rotatable bonds is 5. The smallest absolute Gasteiger partial charge is 0.222 e. The fourth-order valence-corrected chi connectivity index (χ4v) is 2.81. The first-order chi connectivity index (χ1) is 10.0. The van der Waals surface area contributed by atoms with Gasteiger partial charge in [0.05, 0.1) is 6.54 Å². The summed E-state index contributed by atoms with van der Waals surface area (Å²) in [6, 6.07) is 7.79. The maximum absolute atomic E-state index is 12.1. The molecule has 2 fully saturated rings. The summed E-state index contributed by atoms with van der Waals surface area (Å²) in [6.07, 6.45) is 3.60. The van der Waals surface area contributed by atoms with Crippen molar-refractivity contribution >= 4 is 5.91 Å². The Bertz CT molecular complexity index is 527. The third kappa shape index (κ3) is 3.76. The Labute approximate surface area is 125 Å². The molecule has 4 heteroatoms. The van der Waals surface area contributed by atoms with Crippen molar-refractivity contribution in [2.45, 2.75) is 38.2 Å². The molecule has 0 bridgehead atoms. The third-order valence-electron chi connectivity index (χ3n) is 4.34. The van der Waals surface area contributed by atoms with E-state index < -0.39 is 5.60 Å². The molecule has 1 aromatic carbocycles. The number of aryl methyl sites for hydroxylation is 1. The number of nitrogens with zero attached hydrogens (tertiary/aromatic N) is 1. The number of aliphatic hydroxyl groups is 1. The molecule has 1 heterocycles. The summed E-state index contributed by atoms with van der Waals surface area (Å²) in [6.45, 7) is 3.28. The first-order valence-corrected chi connectivity index (χ1v) is 7.74. The first-order valence-electron chi connectivity index (χ1n) is 7.74. The molecule has 1 amide bonds. The predicted molar refractivity (Wildman–Crippen MR) is 80.2 cm³/mol. The first kappa shape index (κ1) is 14.4. The Morgan fingerprint density at radius 1 is 1.48 bits per heavy atom. The molecule has 1 aromatic rings. The van der Waals surface area contributed by atoms with Crippen LogP contribution < -0.4 is 4.74 Å². The monoisotopic (exact) mass is 289 g/mol. The number of hydrogen-bond acceptors (Lipinski definition) is 3. The molecule has 3 rings (SSSR count). The van der Waals surface area contributed by atoms with Crippen molar-refractivity contribution in [3.05, 3.63) is 29.8 Å². The number of benzene rings is 1. The van der Waals surface area contributed by atoms with Gasteiger partial charge in [-0.1, -0.05) is 12.1 Å². The van der Waals surface area contributed by atoms with E-state index in [1.54, 1.807) is 4.90 Å². The van der Waals surface area contributed by atoms with Crippen molar-refractivity contribution < 1.29 is 14.6 Å². The molecule has 1 N–H and O–H groups in total. The third-order valence-corrected chi connectivity index (χ3v) is 4.34. The van der Waals surface area contributed by atoms with Gasteiger partial charge in [-0.2, -0.15) is 0 Å². The van der Waals surface area contributed by atoms with E-state index in [0.29, 0.717) is 31.8 Å². The van der Waals surface area contributed by atoms with E-state index in [1.165, 1.54) is 12.8 Å². The SMILES string of the molecule is Cc1cccc(OC[C@@]2(O)CCN(C(=O)CC3CC3)C2)c1. The minimum atomic E-state index is -0.914. The minimum Gasteiger partial charge on any atom is -0.491 e. The van der Waals surface area contributed by atoms with E-state index in [9.17, 15) is 9.90 Å². The molecule has 0 unspecified atom stereocenters. The van der Waals surface area contributed by atoms with Crippen LogP contribution in [0.2, 0.25) is 0 Å². The zero-order valence-corrected chi connectivity index (χ0v) is 12.5. The highest BCUT2D eigenvalue weighted by atomic mass is 16.5. The van der Waals surface area contributed by atoms with Crippen LogP contribution in [0.1, 0.15) is 31.2 Å². The number of carbonyl (C=O) groups is 1. The van der Waals surface area contributed by atoms with Gasteiger partial charge in [0, 0.05) is 13.0 Å². The Morgan fingerprint density at radius 2 is 2.29 bits per heavy atom. The normalized spacial score (nSPS) is 25.1. The predicted octanol–water partition coefficient (Wildman–Crippen LogP) is 2.14. The lowest BCUT2D eigenvalue weighted by Crippen LogP contribution is -2.40. The van der Waals surface area contributed by atoms with Crippen molar-refractivity contribution in [2.24, 2.45) is 5.92 Å². The van der Waals surface area contributed by atoms with E-state index >= 15 is 0 Å². The minimum absolute atomic E-state index is 0.184. The Morgan fingerprint density at radius 3 is 3.00 bits per heavy atom. The number of amides is 1. The van der Waals surface area contributed by atoms with E-state index in [-0.39, 0.29) is 12.5 Å². The van der Waals surface area contributed by atoms with Crippen LogP contribution in [0.4, 0.5) is 0 Å². The standard InChI is InChI=1S/C17H23NO3/c1-13-3-2-4-15(9-13)21-12-17(20)7-8-18(11-17)16(19)10-14-5-6-14/h2-4,9,14,20H,5-8,10-12H2,1H3/t17-/m1/s1. The van der Waals surface area contributed by atoms with Gasteiger partial charge in [0.2, 0.25) is 5.91 Å². The van der Waals surface area contributed by atoms with Crippen molar-refractivity contribution in [1.82, 2.24) is 4.90 Å². The number of β-amino-alcohol motifs (C(OH)–C–C–N with tert-alkyl or cyclic N) is 1. The molecule has 0 radical (unpaired) electrons. The second-order valence-corrected chi connectivity index (χ2v) is 6.54. The molecule has 4 nitrogen and oxygen atoms in total. The lowest BCUT2D eigenvalue weighted by molar-refractivity contribution is -0.131. The van der Waals surface area contributed by atoms with Gasteiger partial charge < -0.3 is 14.7 Å². The maximum atomic E-state index is 12.1. The average molecular weight is 289 g/mol. The summed E-state index contributed by atoms with van der Waals surface area (Å²) >= 11 is 0. The summed E-state index contributed by atoms with van der Waals surface area (Å²) < 4.78 is 5.71. The largest absolute Gasteiger partial charge is 0.491 e. The van der Waals surface area contributed by atoms with Crippen molar-refractivity contribution in [3.63, 3.8) is 0 Å². The van der Waals surface area contributed by atoms with Crippen LogP contribution in [0.15, 0.2) is 24.3 Å². The molecule has 1 saturated carbocycles. The van der Waals surface area contributed by atoms with Crippen LogP contribution in [0, 0.1) is 12.8 Å². The highest BCUT2D eigenvalue weighted by molar-refractivity contribution is 5.77. The average Bonchev–Trinajstić information content (AvgIpc) is 3.17. The van der Waals surface area contributed by atoms with Crippen LogP contribution in [-0.4, -0.2) is 41.2 Å². The summed E-state index contributed by atoms with van der Waals surface area (Å²) in [7, 11) is 0. The summed E-state index contributed by atoms with van der Waals surface area (Å²) in [5.41, 5.74) is 0.218. The Hall–Kier alpha value is -1.55. The lowest BCUT2D eigenvalue weighted by atomic mass is 10.1. The van der Waals surface area contributed by atoms with E-state index in [0.717, 1.165) is 11.3 Å². The van der Waals surface area contributed by atoms with Crippen LogP contribution in [0.5, 0.6) is 5.75 Å². The van der Waals surface area contributed by atoms with Crippen LogP contribution >= 0.6 is 0 Å². The highest BCUT2D eigenvalue weighted by Crippen LogP contribution is 2.34. The molecule has 1 aliphatic carbocycles. The molecule has 2 aliphatic rings. The van der Waals surface area contributed by atoms with Gasteiger partial charge >= 0.3 is 0 Å². The number of hydrogen-bond donors (Lipinski definition) is 1. The van der Waals surface area contributed by atoms with Gasteiger partial charge in [0.15, 0.2) is 0 Å². The Kier molecular flexibility index (Phi) is 3.89. The quantitative estimate of drug-likeness (QED) is 0.903. The molecule has 114 valence electrons. The number of likely N-dealkylation sites (tertiary alicyclic amines) is 1. The molecule has 1 saturated heterocycles. The van der Waals surface area contributed by atoms with Crippen LogP contribution in [0.25, 0.3) is 0 Å². The second-order valence-electron chi connectivity index (χ2n) is 6.54. The molecule has 1 aliphatic heterocycles. The highest BCUT2D eigenvalue weighted by Gasteiger charge is 2.40. The topological polar surface area (TPSA) is 49.8 Å². The van der Waals surface area contributed by atoms with Crippen LogP contribution in [0.3, 0.4) is 0 Å². The summed E-state index contributed by atoms with van der Waals surface area (Å²) in [5.74, 6) is 1.55. The van der Waals surface area contributed by atoms with Gasteiger partial charge in [-0.05, 0) is 49.8 Å². The van der Waals surface area contributed by atoms with Gasteiger partial charge in [-0.25, -0.2) is 0 Å².